The summed E-state index contributed by atoms with van der Waals surface area (Å²) in [7, 11) is 0. The molecular weight excluding hydrogens is 414 g/mol. The number of anilines is 1. The summed E-state index contributed by atoms with van der Waals surface area (Å²) in [6.07, 6.45) is 3.68. The Labute approximate surface area is 192 Å². The average molecular weight is 440 g/mol. The third-order valence-corrected chi connectivity index (χ3v) is 5.67. The fourth-order valence-electron chi connectivity index (χ4n) is 4.09. The maximum absolute atomic E-state index is 12.9. The maximum Gasteiger partial charge on any atom is 0.225 e. The van der Waals surface area contributed by atoms with Crippen LogP contribution in [0.5, 0.6) is 11.5 Å². The number of carbonyl (C=O) groups excluding carboxylic acids is 1. The monoisotopic (exact) mass is 439 g/mol. The van der Waals surface area contributed by atoms with Crippen LogP contribution in [-0.4, -0.2) is 28.4 Å². The molecule has 4 aromatic rings. The molecule has 0 spiro atoms. The van der Waals surface area contributed by atoms with Crippen LogP contribution in [0.3, 0.4) is 0 Å². The first-order valence-corrected chi connectivity index (χ1v) is 11.1. The van der Waals surface area contributed by atoms with Gasteiger partial charge in [-0.15, -0.1) is 0 Å². The summed E-state index contributed by atoms with van der Waals surface area (Å²) in [5, 5.41) is 7.37. The first-order valence-electron chi connectivity index (χ1n) is 11.1. The summed E-state index contributed by atoms with van der Waals surface area (Å²) in [5.41, 5.74) is 2.89. The number of amides is 1. The molecule has 6 nitrogen and oxygen atoms in total. The Morgan fingerprint density at radius 1 is 0.939 bits per heavy atom. The molecule has 2 heterocycles. The molecule has 1 aromatic heterocycles. The summed E-state index contributed by atoms with van der Waals surface area (Å²) in [4.78, 5) is 12.9. The van der Waals surface area contributed by atoms with Gasteiger partial charge in [0.15, 0.2) is 17.6 Å². The topological polar surface area (TPSA) is 65.4 Å². The van der Waals surface area contributed by atoms with Crippen LogP contribution < -0.4 is 14.8 Å². The van der Waals surface area contributed by atoms with Crippen molar-refractivity contribution in [2.45, 2.75) is 25.0 Å². The van der Waals surface area contributed by atoms with E-state index in [1.165, 1.54) is 0 Å². The molecule has 0 radical (unpaired) electrons. The third-order valence-electron chi connectivity index (χ3n) is 5.67. The van der Waals surface area contributed by atoms with Gasteiger partial charge in [-0.2, -0.15) is 5.10 Å². The lowest BCUT2D eigenvalue weighted by molar-refractivity contribution is -0.116. The molecule has 6 heteroatoms. The Kier molecular flexibility index (Phi) is 6.06. The summed E-state index contributed by atoms with van der Waals surface area (Å²) < 4.78 is 13.5. The first-order chi connectivity index (χ1) is 16.2. The number of hydrogen-bond acceptors (Lipinski definition) is 4. The van der Waals surface area contributed by atoms with Crippen molar-refractivity contribution in [3.63, 3.8) is 0 Å². The van der Waals surface area contributed by atoms with E-state index < -0.39 is 0 Å². The zero-order valence-electron chi connectivity index (χ0n) is 18.1. The SMILES string of the molecule is O=C(CC(c1ccccc1)c1ccccc1)Nc1cnn(CC2COc3ccccc3O2)c1. The molecule has 5 rings (SSSR count). The lowest BCUT2D eigenvalue weighted by Gasteiger charge is -2.26. The number of para-hydroxylation sites is 2. The van der Waals surface area contributed by atoms with Gasteiger partial charge in [0, 0.05) is 18.5 Å². The Hall–Kier alpha value is -4.06. The Morgan fingerprint density at radius 3 is 2.27 bits per heavy atom. The highest BCUT2D eigenvalue weighted by Gasteiger charge is 2.22. The van der Waals surface area contributed by atoms with Crippen LogP contribution in [0.4, 0.5) is 5.69 Å². The number of carbonyl (C=O) groups is 1. The van der Waals surface area contributed by atoms with Gasteiger partial charge in [0.2, 0.25) is 5.91 Å². The van der Waals surface area contributed by atoms with Gasteiger partial charge in [-0.3, -0.25) is 9.48 Å². The van der Waals surface area contributed by atoms with E-state index in [1.54, 1.807) is 10.9 Å². The van der Waals surface area contributed by atoms with E-state index in [-0.39, 0.29) is 17.9 Å². The molecule has 33 heavy (non-hydrogen) atoms. The number of aromatic nitrogens is 2. The molecule has 166 valence electrons. The van der Waals surface area contributed by atoms with Crippen molar-refractivity contribution in [2.24, 2.45) is 0 Å². The molecule has 1 aliphatic heterocycles. The van der Waals surface area contributed by atoms with Crippen LogP contribution in [-0.2, 0) is 11.3 Å². The Balaban J connectivity index is 1.22. The van der Waals surface area contributed by atoms with Crippen molar-refractivity contribution < 1.29 is 14.3 Å². The number of nitrogens with zero attached hydrogens (tertiary/aromatic N) is 2. The van der Waals surface area contributed by atoms with Crippen molar-refractivity contribution in [3.8, 4) is 11.5 Å². The van der Waals surface area contributed by atoms with Gasteiger partial charge in [-0.1, -0.05) is 72.8 Å². The Morgan fingerprint density at radius 2 is 1.58 bits per heavy atom. The summed E-state index contributed by atoms with van der Waals surface area (Å²) >= 11 is 0. The maximum atomic E-state index is 12.9. The second-order valence-electron chi connectivity index (χ2n) is 8.07. The van der Waals surface area contributed by atoms with Crippen LogP contribution in [0.15, 0.2) is 97.3 Å². The van der Waals surface area contributed by atoms with Crippen molar-refractivity contribution in [2.75, 3.05) is 11.9 Å². The molecule has 1 atom stereocenters. The zero-order chi connectivity index (χ0) is 22.5. The molecule has 0 saturated carbocycles. The van der Waals surface area contributed by atoms with Gasteiger partial charge in [-0.25, -0.2) is 0 Å². The van der Waals surface area contributed by atoms with Gasteiger partial charge >= 0.3 is 0 Å². The molecule has 0 fully saturated rings. The van der Waals surface area contributed by atoms with Crippen LogP contribution in [0.1, 0.15) is 23.5 Å². The first kappa shape index (κ1) is 20.8. The highest BCUT2D eigenvalue weighted by Crippen LogP contribution is 2.31. The summed E-state index contributed by atoms with van der Waals surface area (Å²) in [6, 6.07) is 27.9. The van der Waals surface area contributed by atoms with E-state index in [0.29, 0.717) is 25.3 Å². The minimum atomic E-state index is -0.149. The average Bonchev–Trinajstić information content (AvgIpc) is 3.30. The van der Waals surface area contributed by atoms with Crippen molar-refractivity contribution in [3.05, 3.63) is 108 Å². The molecule has 1 aliphatic rings. The second kappa shape index (κ2) is 9.61. The lowest BCUT2D eigenvalue weighted by atomic mass is 9.88. The quantitative estimate of drug-likeness (QED) is 0.446. The van der Waals surface area contributed by atoms with Gasteiger partial charge in [0.05, 0.1) is 18.4 Å². The van der Waals surface area contributed by atoms with E-state index in [9.17, 15) is 4.79 Å². The standard InChI is InChI=1S/C27H25N3O3/c31-27(15-24(20-9-3-1-4-10-20)21-11-5-2-6-12-21)29-22-16-28-30(17-22)18-23-19-32-25-13-7-8-14-26(25)33-23/h1-14,16-17,23-24H,15,18-19H2,(H,29,31). The molecule has 1 amide bonds. The van der Waals surface area contributed by atoms with Crippen LogP contribution in [0, 0.1) is 0 Å². The molecule has 0 saturated heterocycles. The van der Waals surface area contributed by atoms with Crippen LogP contribution in [0.25, 0.3) is 0 Å². The second-order valence-corrected chi connectivity index (χ2v) is 8.07. The largest absolute Gasteiger partial charge is 0.486 e. The van der Waals surface area contributed by atoms with E-state index in [2.05, 4.69) is 34.7 Å². The number of benzene rings is 3. The fourth-order valence-corrected chi connectivity index (χ4v) is 4.09. The highest BCUT2D eigenvalue weighted by molar-refractivity contribution is 5.91. The van der Waals surface area contributed by atoms with Crippen molar-refractivity contribution in [1.29, 1.82) is 0 Å². The minimum absolute atomic E-state index is 0.0182. The zero-order valence-corrected chi connectivity index (χ0v) is 18.1. The van der Waals surface area contributed by atoms with E-state index in [4.69, 9.17) is 9.47 Å². The van der Waals surface area contributed by atoms with Gasteiger partial charge in [-0.05, 0) is 23.3 Å². The fraction of sp³-hybridized carbons (Fsp3) is 0.185. The number of fused-ring (bicyclic) bond motifs is 1. The highest BCUT2D eigenvalue weighted by atomic mass is 16.6. The van der Waals surface area contributed by atoms with Crippen LogP contribution >= 0.6 is 0 Å². The summed E-state index contributed by atoms with van der Waals surface area (Å²) in [5.74, 6) is 1.42. The normalized spacial score (nSPS) is 14.8. The molecule has 1 N–H and O–H groups in total. The van der Waals surface area contributed by atoms with Crippen molar-refractivity contribution in [1.82, 2.24) is 9.78 Å². The predicted molar refractivity (Wildman–Crippen MR) is 127 cm³/mol. The van der Waals surface area contributed by atoms with Crippen molar-refractivity contribution >= 4 is 11.6 Å². The van der Waals surface area contributed by atoms with E-state index >= 15 is 0 Å². The Bertz CT molecular complexity index is 1170. The molecule has 3 aromatic carbocycles. The van der Waals surface area contributed by atoms with Gasteiger partial charge < -0.3 is 14.8 Å². The van der Waals surface area contributed by atoms with Crippen LogP contribution in [0.2, 0.25) is 0 Å². The molecule has 1 unspecified atom stereocenters. The number of nitrogens with one attached hydrogen (secondary N) is 1. The molecular formula is C27H25N3O3. The van der Waals surface area contributed by atoms with Gasteiger partial charge in [0.25, 0.3) is 0 Å². The summed E-state index contributed by atoms with van der Waals surface area (Å²) in [6.45, 7) is 0.981. The number of hydrogen-bond donors (Lipinski definition) is 1. The number of rotatable bonds is 7. The molecule has 0 bridgehead atoms. The lowest BCUT2D eigenvalue weighted by Crippen LogP contribution is -2.33. The smallest absolute Gasteiger partial charge is 0.225 e. The number of ether oxygens (including phenoxy) is 2. The minimum Gasteiger partial charge on any atom is -0.486 e. The van der Waals surface area contributed by atoms with Gasteiger partial charge in [0.1, 0.15) is 6.61 Å². The van der Waals surface area contributed by atoms with E-state index in [1.807, 2.05) is 66.9 Å². The third kappa shape index (κ3) is 5.06. The van der Waals surface area contributed by atoms with E-state index in [0.717, 1.165) is 22.6 Å². The molecule has 0 aliphatic carbocycles. The predicted octanol–water partition coefficient (Wildman–Crippen LogP) is 4.88.